The van der Waals surface area contributed by atoms with Gasteiger partial charge >= 0.3 is 6.18 Å². The summed E-state index contributed by atoms with van der Waals surface area (Å²) >= 11 is 3.15. The van der Waals surface area contributed by atoms with E-state index < -0.39 is 30.5 Å². The Bertz CT molecular complexity index is 802. The van der Waals surface area contributed by atoms with E-state index in [1.807, 2.05) is 0 Å². The summed E-state index contributed by atoms with van der Waals surface area (Å²) in [6.45, 7) is -0.208. The first-order valence-corrected chi connectivity index (χ1v) is 8.48. The molecule has 10 heteroatoms. The Hall–Kier alpha value is -2.20. The molecule has 1 aromatic carbocycles. The molecule has 0 aliphatic rings. The minimum atomic E-state index is -4.43. The van der Waals surface area contributed by atoms with Gasteiger partial charge in [0.1, 0.15) is 23.7 Å². The van der Waals surface area contributed by atoms with Crippen molar-refractivity contribution in [1.82, 2.24) is 10.3 Å². The second-order valence-electron chi connectivity index (χ2n) is 5.54. The predicted octanol–water partition coefficient (Wildman–Crippen LogP) is 4.47. The Balaban J connectivity index is 2.04. The van der Waals surface area contributed by atoms with Gasteiger partial charge in [0.15, 0.2) is 0 Å². The Labute approximate surface area is 160 Å². The van der Waals surface area contributed by atoms with Crippen LogP contribution in [0.1, 0.15) is 17.3 Å². The number of amides is 1. The van der Waals surface area contributed by atoms with Gasteiger partial charge in [-0.2, -0.15) is 13.2 Å². The molecule has 0 fully saturated rings. The summed E-state index contributed by atoms with van der Waals surface area (Å²) in [6, 6.07) is 6.01. The quantitative estimate of drug-likeness (QED) is 0.632. The van der Waals surface area contributed by atoms with Crippen LogP contribution in [0.25, 0.3) is 0 Å². The van der Waals surface area contributed by atoms with Crippen molar-refractivity contribution in [2.75, 3.05) is 13.2 Å². The Morgan fingerprint density at radius 1 is 1.33 bits per heavy atom. The number of nitrogens with zero attached hydrogens (tertiary/aromatic N) is 1. The topological polar surface area (TPSA) is 60.5 Å². The summed E-state index contributed by atoms with van der Waals surface area (Å²) < 4.78 is 59.8. The largest absolute Gasteiger partial charge is 0.437 e. The van der Waals surface area contributed by atoms with Gasteiger partial charge in [0.2, 0.25) is 5.88 Å². The molecule has 2 aromatic rings. The molecule has 0 saturated heterocycles. The average molecular weight is 451 g/mol. The summed E-state index contributed by atoms with van der Waals surface area (Å²) in [5.41, 5.74) is 0.0661. The molecule has 1 amide bonds. The van der Waals surface area contributed by atoms with Crippen molar-refractivity contribution < 1.29 is 31.8 Å². The molecule has 1 atom stereocenters. The highest BCUT2D eigenvalue weighted by Gasteiger charge is 2.28. The van der Waals surface area contributed by atoms with Crippen LogP contribution in [0, 0.1) is 5.82 Å². The SMILES string of the molecule is CC(COCC(F)(F)F)NC(=O)c1cccnc1Oc1ccc(F)cc1Br. The number of benzene rings is 1. The number of nitrogens with one attached hydrogen (secondary N) is 1. The highest BCUT2D eigenvalue weighted by molar-refractivity contribution is 9.10. The van der Waals surface area contributed by atoms with Crippen LogP contribution in [0.2, 0.25) is 0 Å². The monoisotopic (exact) mass is 450 g/mol. The van der Waals surface area contributed by atoms with Gasteiger partial charge in [0.05, 0.1) is 11.1 Å². The zero-order chi connectivity index (χ0) is 20.0. The van der Waals surface area contributed by atoms with Crippen LogP contribution in [0.5, 0.6) is 11.6 Å². The van der Waals surface area contributed by atoms with Crippen LogP contribution in [0.3, 0.4) is 0 Å². The lowest BCUT2D eigenvalue weighted by molar-refractivity contribution is -0.174. The molecule has 1 heterocycles. The Morgan fingerprint density at radius 3 is 2.74 bits per heavy atom. The van der Waals surface area contributed by atoms with Crippen LogP contribution in [-0.2, 0) is 4.74 Å². The number of hydrogen-bond acceptors (Lipinski definition) is 4. The van der Waals surface area contributed by atoms with Crippen molar-refractivity contribution in [1.29, 1.82) is 0 Å². The van der Waals surface area contributed by atoms with Crippen molar-refractivity contribution >= 4 is 21.8 Å². The lowest BCUT2D eigenvalue weighted by atomic mass is 10.2. The minimum Gasteiger partial charge on any atom is -0.437 e. The van der Waals surface area contributed by atoms with Crippen LogP contribution >= 0.6 is 15.9 Å². The van der Waals surface area contributed by atoms with E-state index in [4.69, 9.17) is 4.74 Å². The maximum Gasteiger partial charge on any atom is 0.411 e. The zero-order valence-electron chi connectivity index (χ0n) is 14.0. The van der Waals surface area contributed by atoms with Crippen molar-refractivity contribution in [3.05, 3.63) is 52.4 Å². The van der Waals surface area contributed by atoms with Gasteiger partial charge in [0.25, 0.3) is 5.91 Å². The number of aromatic nitrogens is 1. The molecule has 0 saturated carbocycles. The van der Waals surface area contributed by atoms with E-state index >= 15 is 0 Å². The van der Waals surface area contributed by atoms with E-state index in [2.05, 4.69) is 31.0 Å². The standard InChI is InChI=1S/C17H15BrF4N2O3/c1-10(8-26-9-17(20,21)22)24-15(25)12-3-2-6-23-16(12)27-14-5-4-11(19)7-13(14)18/h2-7,10H,8-9H2,1H3,(H,24,25). The number of alkyl halides is 3. The van der Waals surface area contributed by atoms with Gasteiger partial charge in [-0.3, -0.25) is 4.79 Å². The maximum atomic E-state index is 13.2. The third-order valence-electron chi connectivity index (χ3n) is 3.13. The van der Waals surface area contributed by atoms with E-state index in [0.717, 1.165) is 0 Å². The molecule has 0 spiro atoms. The number of carbonyl (C=O) groups is 1. The normalized spacial score (nSPS) is 12.5. The van der Waals surface area contributed by atoms with Crippen LogP contribution in [0.15, 0.2) is 41.0 Å². The van der Waals surface area contributed by atoms with Crippen molar-refractivity contribution in [3.8, 4) is 11.6 Å². The van der Waals surface area contributed by atoms with E-state index in [0.29, 0.717) is 4.47 Å². The van der Waals surface area contributed by atoms with Crippen molar-refractivity contribution in [2.24, 2.45) is 0 Å². The second-order valence-corrected chi connectivity index (χ2v) is 6.39. The number of rotatable bonds is 7. The first-order chi connectivity index (χ1) is 12.7. The van der Waals surface area contributed by atoms with E-state index in [1.54, 1.807) is 0 Å². The van der Waals surface area contributed by atoms with Gasteiger partial charge in [-0.15, -0.1) is 0 Å². The van der Waals surface area contributed by atoms with Crippen LogP contribution in [-0.4, -0.2) is 36.3 Å². The molecule has 146 valence electrons. The molecule has 0 aliphatic carbocycles. The van der Waals surface area contributed by atoms with Gasteiger partial charge in [-0.1, -0.05) is 0 Å². The first kappa shape index (κ1) is 21.1. The fourth-order valence-corrected chi connectivity index (χ4v) is 2.43. The summed E-state index contributed by atoms with van der Waals surface area (Å²) in [5.74, 6) is -0.864. The fraction of sp³-hybridized carbons (Fsp3) is 0.294. The van der Waals surface area contributed by atoms with Crippen LogP contribution < -0.4 is 10.1 Å². The summed E-state index contributed by atoms with van der Waals surface area (Å²) in [5, 5.41) is 2.51. The van der Waals surface area contributed by atoms with Gasteiger partial charge in [-0.05, 0) is 53.2 Å². The third-order valence-corrected chi connectivity index (χ3v) is 3.75. The predicted molar refractivity (Wildman–Crippen MR) is 92.2 cm³/mol. The lowest BCUT2D eigenvalue weighted by Gasteiger charge is -2.16. The highest BCUT2D eigenvalue weighted by atomic mass is 79.9. The number of hydrogen-bond donors (Lipinski definition) is 1. The number of halogens is 5. The molecule has 0 bridgehead atoms. The number of carbonyl (C=O) groups excluding carboxylic acids is 1. The van der Waals surface area contributed by atoms with Crippen molar-refractivity contribution in [2.45, 2.75) is 19.1 Å². The second kappa shape index (κ2) is 9.14. The molecule has 0 aliphatic heterocycles. The van der Waals surface area contributed by atoms with E-state index in [9.17, 15) is 22.4 Å². The maximum absolute atomic E-state index is 13.2. The Morgan fingerprint density at radius 2 is 2.07 bits per heavy atom. The molecule has 1 N–H and O–H groups in total. The molecular weight excluding hydrogens is 436 g/mol. The number of pyridine rings is 1. The van der Waals surface area contributed by atoms with Gasteiger partial charge in [0, 0.05) is 12.2 Å². The highest BCUT2D eigenvalue weighted by Crippen LogP contribution is 2.30. The van der Waals surface area contributed by atoms with Gasteiger partial charge < -0.3 is 14.8 Å². The minimum absolute atomic E-state index is 0.0364. The van der Waals surface area contributed by atoms with E-state index in [1.165, 1.54) is 43.5 Å². The number of ether oxygens (including phenoxy) is 2. The lowest BCUT2D eigenvalue weighted by Crippen LogP contribution is -2.37. The molecule has 1 aromatic heterocycles. The Kier molecular flexibility index (Phi) is 7.14. The summed E-state index contributed by atoms with van der Waals surface area (Å²) in [6.07, 6.45) is -3.03. The smallest absolute Gasteiger partial charge is 0.411 e. The molecular formula is C17H15BrF4N2O3. The average Bonchev–Trinajstić information content (AvgIpc) is 2.56. The molecule has 0 radical (unpaired) electrons. The molecule has 1 unspecified atom stereocenters. The van der Waals surface area contributed by atoms with Gasteiger partial charge in [-0.25, -0.2) is 9.37 Å². The first-order valence-electron chi connectivity index (χ1n) is 7.69. The zero-order valence-corrected chi connectivity index (χ0v) is 15.6. The van der Waals surface area contributed by atoms with E-state index in [-0.39, 0.29) is 23.8 Å². The fourth-order valence-electron chi connectivity index (χ4n) is 2.00. The molecule has 2 rings (SSSR count). The molecule has 27 heavy (non-hydrogen) atoms. The van der Waals surface area contributed by atoms with Crippen LogP contribution in [0.4, 0.5) is 17.6 Å². The molecule has 5 nitrogen and oxygen atoms in total. The third kappa shape index (κ3) is 6.79. The summed E-state index contributed by atoms with van der Waals surface area (Å²) in [4.78, 5) is 16.4. The summed E-state index contributed by atoms with van der Waals surface area (Å²) in [7, 11) is 0. The van der Waals surface area contributed by atoms with Crippen molar-refractivity contribution in [3.63, 3.8) is 0 Å².